The van der Waals surface area contributed by atoms with E-state index in [-0.39, 0.29) is 11.9 Å². The van der Waals surface area contributed by atoms with Crippen LogP contribution in [0.2, 0.25) is 0 Å². The minimum Gasteiger partial charge on any atom is -0.338 e. The quantitative estimate of drug-likeness (QED) is 0.732. The van der Waals surface area contributed by atoms with Gasteiger partial charge in [0.05, 0.1) is 0 Å². The number of thiazole rings is 1. The van der Waals surface area contributed by atoms with Crippen LogP contribution >= 0.6 is 11.3 Å². The first-order valence-corrected chi connectivity index (χ1v) is 9.30. The largest absolute Gasteiger partial charge is 0.338 e. The van der Waals surface area contributed by atoms with Crippen molar-refractivity contribution >= 4 is 22.2 Å². The number of hydrogen-bond donors (Lipinski definition) is 0. The molecule has 1 saturated heterocycles. The van der Waals surface area contributed by atoms with Gasteiger partial charge in [0.15, 0.2) is 4.96 Å². The Bertz CT molecular complexity index is 820. The van der Waals surface area contributed by atoms with E-state index in [0.717, 1.165) is 43.0 Å². The first-order valence-electron chi connectivity index (χ1n) is 8.42. The van der Waals surface area contributed by atoms with Gasteiger partial charge in [0.25, 0.3) is 5.91 Å². The van der Waals surface area contributed by atoms with Gasteiger partial charge in [-0.2, -0.15) is 0 Å². The Balaban J connectivity index is 1.49. The van der Waals surface area contributed by atoms with Crippen LogP contribution < -0.4 is 0 Å². The molecule has 3 aromatic heterocycles. The van der Waals surface area contributed by atoms with Crippen LogP contribution in [0.3, 0.4) is 0 Å². The molecule has 4 heterocycles. The van der Waals surface area contributed by atoms with Crippen molar-refractivity contribution < 1.29 is 4.79 Å². The van der Waals surface area contributed by atoms with Crippen molar-refractivity contribution in [3.05, 3.63) is 41.7 Å². The number of hydrogen-bond acceptors (Lipinski definition) is 4. The van der Waals surface area contributed by atoms with Gasteiger partial charge in [-0.05, 0) is 25.7 Å². The SMILES string of the molecule is Cn1ccnc1CCC1CCCCN1C(=O)c1cn2ccsc2n1. The normalized spacial score (nSPS) is 18.4. The van der Waals surface area contributed by atoms with Gasteiger partial charge in [0.2, 0.25) is 0 Å². The molecule has 1 fully saturated rings. The Hall–Kier alpha value is -2.15. The van der Waals surface area contributed by atoms with E-state index >= 15 is 0 Å². The number of likely N-dealkylation sites (tertiary alicyclic amines) is 1. The van der Waals surface area contributed by atoms with Gasteiger partial charge in [-0.1, -0.05) is 0 Å². The summed E-state index contributed by atoms with van der Waals surface area (Å²) in [6.45, 7) is 0.829. The molecule has 4 rings (SSSR count). The number of aromatic nitrogens is 4. The molecule has 0 aromatic carbocycles. The van der Waals surface area contributed by atoms with Crippen molar-refractivity contribution in [3.63, 3.8) is 0 Å². The van der Waals surface area contributed by atoms with Crippen LogP contribution in [0.5, 0.6) is 0 Å². The van der Waals surface area contributed by atoms with Gasteiger partial charge in [0, 0.05) is 56.2 Å². The molecule has 1 aliphatic rings. The first kappa shape index (κ1) is 15.4. The van der Waals surface area contributed by atoms with Crippen LogP contribution in [0.15, 0.2) is 30.2 Å². The third-order valence-corrected chi connectivity index (χ3v) is 5.59. The van der Waals surface area contributed by atoms with Crippen LogP contribution in [0.4, 0.5) is 0 Å². The zero-order valence-corrected chi connectivity index (χ0v) is 14.6. The van der Waals surface area contributed by atoms with Crippen molar-refractivity contribution in [1.29, 1.82) is 0 Å². The maximum Gasteiger partial charge on any atom is 0.274 e. The minimum atomic E-state index is 0.0652. The number of rotatable bonds is 4. The van der Waals surface area contributed by atoms with E-state index in [1.165, 1.54) is 6.42 Å². The molecule has 1 amide bonds. The van der Waals surface area contributed by atoms with E-state index in [4.69, 9.17) is 0 Å². The molecule has 3 aromatic rings. The number of imidazole rings is 2. The average molecular weight is 343 g/mol. The molecule has 1 atom stereocenters. The van der Waals surface area contributed by atoms with Crippen LogP contribution in [-0.4, -0.2) is 42.3 Å². The summed E-state index contributed by atoms with van der Waals surface area (Å²) in [5.41, 5.74) is 0.561. The summed E-state index contributed by atoms with van der Waals surface area (Å²) >= 11 is 1.55. The van der Waals surface area contributed by atoms with E-state index in [1.807, 2.05) is 46.5 Å². The zero-order valence-electron chi connectivity index (χ0n) is 13.8. The number of nitrogens with zero attached hydrogens (tertiary/aromatic N) is 5. The highest BCUT2D eigenvalue weighted by Crippen LogP contribution is 2.23. The zero-order chi connectivity index (χ0) is 16.5. The van der Waals surface area contributed by atoms with E-state index < -0.39 is 0 Å². The van der Waals surface area contributed by atoms with Crippen LogP contribution in [0.25, 0.3) is 4.96 Å². The molecule has 0 spiro atoms. The number of fused-ring (bicyclic) bond motifs is 1. The average Bonchev–Trinajstić information content (AvgIpc) is 3.28. The smallest absolute Gasteiger partial charge is 0.274 e. The number of amides is 1. The molecule has 1 aliphatic heterocycles. The molecular weight excluding hydrogens is 322 g/mol. The first-order chi connectivity index (χ1) is 11.7. The summed E-state index contributed by atoms with van der Waals surface area (Å²) < 4.78 is 3.98. The van der Waals surface area contributed by atoms with Crippen LogP contribution in [0, 0.1) is 0 Å². The lowest BCUT2D eigenvalue weighted by Gasteiger charge is -2.35. The molecule has 0 N–H and O–H groups in total. The standard InChI is InChI=1S/C17H21N5OS/c1-20-9-7-18-15(20)6-5-13-4-2-3-8-22(13)16(23)14-12-21-10-11-24-17(21)19-14/h7,9-13H,2-6,8H2,1H3. The highest BCUT2D eigenvalue weighted by atomic mass is 32.1. The van der Waals surface area contributed by atoms with Crippen molar-refractivity contribution in [2.24, 2.45) is 7.05 Å². The molecule has 6 nitrogen and oxygen atoms in total. The lowest BCUT2D eigenvalue weighted by molar-refractivity contribution is 0.0595. The molecule has 7 heteroatoms. The summed E-state index contributed by atoms with van der Waals surface area (Å²) in [5.74, 6) is 1.14. The second-order valence-corrected chi connectivity index (χ2v) is 7.23. The van der Waals surface area contributed by atoms with E-state index in [9.17, 15) is 4.79 Å². The van der Waals surface area contributed by atoms with E-state index in [2.05, 4.69) is 14.5 Å². The monoisotopic (exact) mass is 343 g/mol. The van der Waals surface area contributed by atoms with Gasteiger partial charge >= 0.3 is 0 Å². The predicted molar refractivity (Wildman–Crippen MR) is 93.3 cm³/mol. The predicted octanol–water partition coefficient (Wildman–Crippen LogP) is 2.76. The Morgan fingerprint density at radius 2 is 2.29 bits per heavy atom. The maximum atomic E-state index is 12.9. The van der Waals surface area contributed by atoms with Crippen molar-refractivity contribution in [2.75, 3.05) is 6.54 Å². The van der Waals surface area contributed by atoms with Crippen LogP contribution in [-0.2, 0) is 13.5 Å². The molecule has 0 saturated carbocycles. The highest BCUT2D eigenvalue weighted by molar-refractivity contribution is 7.15. The Labute approximate surface area is 144 Å². The van der Waals surface area contributed by atoms with Gasteiger partial charge < -0.3 is 9.47 Å². The van der Waals surface area contributed by atoms with Gasteiger partial charge in [-0.3, -0.25) is 9.20 Å². The van der Waals surface area contributed by atoms with Crippen molar-refractivity contribution in [1.82, 2.24) is 23.8 Å². The second kappa shape index (κ2) is 6.39. The third kappa shape index (κ3) is 2.84. The number of piperidine rings is 1. The Morgan fingerprint density at radius 1 is 1.38 bits per heavy atom. The lowest BCUT2D eigenvalue weighted by atomic mass is 9.97. The number of aryl methyl sites for hydroxylation is 2. The molecule has 24 heavy (non-hydrogen) atoms. The fourth-order valence-electron chi connectivity index (χ4n) is 3.48. The summed E-state index contributed by atoms with van der Waals surface area (Å²) in [4.78, 5) is 24.7. The summed E-state index contributed by atoms with van der Waals surface area (Å²) in [6.07, 6.45) is 12.8. The molecule has 1 unspecified atom stereocenters. The van der Waals surface area contributed by atoms with Gasteiger partial charge in [0.1, 0.15) is 11.5 Å². The molecular formula is C17H21N5OS. The molecule has 0 radical (unpaired) electrons. The topological polar surface area (TPSA) is 55.4 Å². The van der Waals surface area contributed by atoms with Crippen LogP contribution in [0.1, 0.15) is 42.0 Å². The summed E-state index contributed by atoms with van der Waals surface area (Å²) in [6, 6.07) is 0.280. The van der Waals surface area contributed by atoms with Gasteiger partial charge in [-0.15, -0.1) is 11.3 Å². The van der Waals surface area contributed by atoms with Crippen molar-refractivity contribution in [2.45, 2.75) is 38.1 Å². The summed E-state index contributed by atoms with van der Waals surface area (Å²) in [5, 5.41) is 1.98. The fourth-order valence-corrected chi connectivity index (χ4v) is 4.18. The van der Waals surface area contributed by atoms with E-state index in [1.54, 1.807) is 11.3 Å². The highest BCUT2D eigenvalue weighted by Gasteiger charge is 2.29. The minimum absolute atomic E-state index is 0.0652. The maximum absolute atomic E-state index is 12.9. The number of carbonyl (C=O) groups is 1. The second-order valence-electron chi connectivity index (χ2n) is 6.36. The third-order valence-electron chi connectivity index (χ3n) is 4.82. The molecule has 0 bridgehead atoms. The Kier molecular flexibility index (Phi) is 4.10. The lowest BCUT2D eigenvalue weighted by Crippen LogP contribution is -2.44. The van der Waals surface area contributed by atoms with Gasteiger partial charge in [-0.25, -0.2) is 9.97 Å². The number of carbonyl (C=O) groups excluding carboxylic acids is 1. The fraction of sp³-hybridized carbons (Fsp3) is 0.471. The van der Waals surface area contributed by atoms with E-state index in [0.29, 0.717) is 5.69 Å². The Morgan fingerprint density at radius 3 is 3.08 bits per heavy atom. The molecule has 126 valence electrons. The summed E-state index contributed by atoms with van der Waals surface area (Å²) in [7, 11) is 2.02. The molecule has 0 aliphatic carbocycles. The van der Waals surface area contributed by atoms with Crippen molar-refractivity contribution in [3.8, 4) is 0 Å².